The van der Waals surface area contributed by atoms with E-state index in [1.807, 2.05) is 0 Å². The molecule has 1 aliphatic rings. The highest BCUT2D eigenvalue weighted by Gasteiger charge is 2.31. The minimum absolute atomic E-state index is 0.0250. The van der Waals surface area contributed by atoms with Crippen LogP contribution in [-0.4, -0.2) is 42.8 Å². The summed E-state index contributed by atoms with van der Waals surface area (Å²) < 4.78 is 4.88. The fourth-order valence-electron chi connectivity index (χ4n) is 3.29. The zero-order valence-electron chi connectivity index (χ0n) is 16.4. The number of benzene rings is 1. The highest BCUT2D eigenvalue weighted by molar-refractivity contribution is 5.99. The van der Waals surface area contributed by atoms with E-state index in [1.54, 1.807) is 43.0 Å². The third kappa shape index (κ3) is 5.80. The maximum Gasteiger partial charge on any atom is 0.307 e. The van der Waals surface area contributed by atoms with Crippen LogP contribution in [0.1, 0.15) is 45.1 Å². The third-order valence-corrected chi connectivity index (χ3v) is 4.66. The number of amidine groups is 1. The monoisotopic (exact) mass is 388 g/mol. The Morgan fingerprint density at radius 2 is 2.04 bits per heavy atom. The van der Waals surface area contributed by atoms with Crippen molar-refractivity contribution in [1.29, 1.82) is 5.41 Å². The van der Waals surface area contributed by atoms with Crippen LogP contribution in [0.4, 0.5) is 5.69 Å². The Labute approximate surface area is 164 Å². The normalized spacial score (nSPS) is 17.7. The number of carbonyl (C=O) groups is 3. The number of nitrogen functional groups attached to an aromatic ring is 1. The summed E-state index contributed by atoms with van der Waals surface area (Å²) >= 11 is 0. The maximum absolute atomic E-state index is 12.8. The zero-order chi connectivity index (χ0) is 20.7. The van der Waals surface area contributed by atoms with E-state index in [1.165, 1.54) is 0 Å². The number of amides is 2. The number of piperidine rings is 1. The number of ether oxygens (including phenoxy) is 1. The summed E-state index contributed by atoms with van der Waals surface area (Å²) in [6, 6.07) is 6.59. The number of anilines is 1. The molecule has 1 aromatic rings. The first-order valence-electron chi connectivity index (χ1n) is 9.52. The molecule has 8 heteroatoms. The molecule has 28 heavy (non-hydrogen) atoms. The molecule has 4 N–H and O–H groups in total. The van der Waals surface area contributed by atoms with Crippen LogP contribution in [0.15, 0.2) is 24.3 Å². The highest BCUT2D eigenvalue weighted by Crippen LogP contribution is 2.26. The van der Waals surface area contributed by atoms with Crippen LogP contribution in [0.3, 0.4) is 0 Å². The average molecular weight is 388 g/mol. The summed E-state index contributed by atoms with van der Waals surface area (Å²) in [5.74, 6) is -1.11. The molecule has 0 saturated carbocycles. The topological polar surface area (TPSA) is 126 Å². The van der Waals surface area contributed by atoms with Gasteiger partial charge in [-0.25, -0.2) is 0 Å². The van der Waals surface area contributed by atoms with E-state index >= 15 is 0 Å². The molecule has 152 valence electrons. The Balaban J connectivity index is 1.93. The smallest absolute Gasteiger partial charge is 0.307 e. The van der Waals surface area contributed by atoms with E-state index in [2.05, 4.69) is 5.32 Å². The summed E-state index contributed by atoms with van der Waals surface area (Å²) in [7, 11) is 0. The minimum Gasteiger partial charge on any atom is -0.466 e. The molecule has 2 rings (SSSR count). The fraction of sp³-hybridized carbons (Fsp3) is 0.500. The molecule has 1 aliphatic heterocycles. The van der Waals surface area contributed by atoms with Gasteiger partial charge in [0.15, 0.2) is 0 Å². The number of esters is 1. The number of nitrogens with zero attached hydrogens (tertiary/aromatic N) is 1. The molecule has 2 atom stereocenters. The van der Waals surface area contributed by atoms with E-state index < -0.39 is 5.92 Å². The van der Waals surface area contributed by atoms with Gasteiger partial charge < -0.3 is 20.7 Å². The van der Waals surface area contributed by atoms with Gasteiger partial charge in [-0.15, -0.1) is 0 Å². The molecular weight excluding hydrogens is 360 g/mol. The Morgan fingerprint density at radius 3 is 2.64 bits per heavy atom. The van der Waals surface area contributed by atoms with E-state index in [0.29, 0.717) is 25.1 Å². The van der Waals surface area contributed by atoms with Crippen LogP contribution < -0.4 is 16.0 Å². The van der Waals surface area contributed by atoms with Crippen LogP contribution in [0.5, 0.6) is 0 Å². The summed E-state index contributed by atoms with van der Waals surface area (Å²) in [6.07, 6.45) is 1.65. The van der Waals surface area contributed by atoms with E-state index in [9.17, 15) is 14.4 Å². The lowest BCUT2D eigenvalue weighted by Gasteiger charge is -2.32. The second kappa shape index (κ2) is 9.87. The van der Waals surface area contributed by atoms with Crippen molar-refractivity contribution in [3.05, 3.63) is 29.8 Å². The molecule has 0 bridgehead atoms. The quantitative estimate of drug-likeness (QED) is 0.354. The number of hydrogen-bond donors (Lipinski definition) is 3. The molecular formula is C20H28N4O4. The largest absolute Gasteiger partial charge is 0.466 e. The predicted molar refractivity (Wildman–Crippen MR) is 106 cm³/mol. The first-order valence-corrected chi connectivity index (χ1v) is 9.52. The lowest BCUT2D eigenvalue weighted by molar-refractivity contribution is -0.143. The lowest BCUT2D eigenvalue weighted by Crippen LogP contribution is -2.44. The van der Waals surface area contributed by atoms with Crippen molar-refractivity contribution >= 4 is 29.3 Å². The van der Waals surface area contributed by atoms with Crippen molar-refractivity contribution in [3.8, 4) is 0 Å². The summed E-state index contributed by atoms with van der Waals surface area (Å²) in [4.78, 5) is 38.3. The third-order valence-electron chi connectivity index (χ3n) is 4.66. The Morgan fingerprint density at radius 1 is 1.36 bits per heavy atom. The summed E-state index contributed by atoms with van der Waals surface area (Å²) in [5, 5.41) is 10.2. The van der Waals surface area contributed by atoms with Crippen molar-refractivity contribution in [2.75, 3.05) is 18.1 Å². The van der Waals surface area contributed by atoms with Crippen molar-refractivity contribution < 1.29 is 19.1 Å². The van der Waals surface area contributed by atoms with Gasteiger partial charge in [0, 0.05) is 36.2 Å². The summed E-state index contributed by atoms with van der Waals surface area (Å²) in [6.45, 7) is 4.37. The number of rotatable bonds is 8. The van der Waals surface area contributed by atoms with Gasteiger partial charge in [-0.3, -0.25) is 19.8 Å². The van der Waals surface area contributed by atoms with Gasteiger partial charge >= 0.3 is 5.97 Å². The molecule has 2 amide bonds. The molecule has 1 unspecified atom stereocenters. The van der Waals surface area contributed by atoms with Crippen LogP contribution in [0.25, 0.3) is 0 Å². The van der Waals surface area contributed by atoms with Crippen molar-refractivity contribution in [2.45, 2.75) is 45.6 Å². The second-order valence-corrected chi connectivity index (χ2v) is 6.97. The van der Waals surface area contributed by atoms with Gasteiger partial charge in [0.25, 0.3) is 0 Å². The lowest BCUT2D eigenvalue weighted by atomic mass is 9.92. The molecule has 1 fully saturated rings. The molecule has 1 heterocycles. The fourth-order valence-corrected chi connectivity index (χ4v) is 3.29. The molecule has 1 aromatic carbocycles. The minimum atomic E-state index is -0.393. The van der Waals surface area contributed by atoms with E-state index in [0.717, 1.165) is 12.1 Å². The standard InChI is InChI=1S/C20H28N4O4/c1-3-28-18(26)11-13(2)23-17(25)12-15-5-4-10-24(20(15)27)16-8-6-14(7-9-16)19(21)22/h6-9,13,15H,3-5,10-12H2,1-2H3,(H3,21,22)(H,23,25)/t13?,15-/m0/s1. The molecule has 1 saturated heterocycles. The van der Waals surface area contributed by atoms with Gasteiger partial charge in [0.05, 0.1) is 13.0 Å². The van der Waals surface area contributed by atoms with Gasteiger partial charge in [-0.2, -0.15) is 0 Å². The SMILES string of the molecule is CCOC(=O)CC(C)NC(=O)C[C@@H]1CCCN(c2ccc(C(=N)N)cc2)C1=O. The maximum atomic E-state index is 12.8. The average Bonchev–Trinajstić information content (AvgIpc) is 2.63. The highest BCUT2D eigenvalue weighted by atomic mass is 16.5. The van der Waals surface area contributed by atoms with Crippen LogP contribution >= 0.6 is 0 Å². The first-order chi connectivity index (χ1) is 13.3. The summed E-state index contributed by atoms with van der Waals surface area (Å²) in [5.41, 5.74) is 6.79. The number of nitrogens with one attached hydrogen (secondary N) is 2. The Kier molecular flexibility index (Phi) is 7.54. The van der Waals surface area contributed by atoms with E-state index in [-0.39, 0.29) is 42.5 Å². The predicted octanol–water partition coefficient (Wildman–Crippen LogP) is 1.56. The number of nitrogens with two attached hydrogens (primary N) is 1. The zero-order valence-corrected chi connectivity index (χ0v) is 16.4. The number of hydrogen-bond acceptors (Lipinski definition) is 5. The molecule has 0 aromatic heterocycles. The Hall–Kier alpha value is -2.90. The second-order valence-electron chi connectivity index (χ2n) is 6.97. The van der Waals surface area contributed by atoms with Gasteiger partial charge in [-0.05, 0) is 51.0 Å². The van der Waals surface area contributed by atoms with Crippen molar-refractivity contribution in [2.24, 2.45) is 11.7 Å². The molecule has 0 radical (unpaired) electrons. The molecule has 0 aliphatic carbocycles. The van der Waals surface area contributed by atoms with Crippen LogP contribution in [0.2, 0.25) is 0 Å². The first kappa shape index (κ1) is 21.4. The van der Waals surface area contributed by atoms with Gasteiger partial charge in [0.2, 0.25) is 11.8 Å². The van der Waals surface area contributed by atoms with Crippen molar-refractivity contribution in [1.82, 2.24) is 5.32 Å². The molecule has 8 nitrogen and oxygen atoms in total. The number of carbonyl (C=O) groups excluding carboxylic acids is 3. The van der Waals surface area contributed by atoms with E-state index in [4.69, 9.17) is 15.9 Å². The van der Waals surface area contributed by atoms with Gasteiger partial charge in [0.1, 0.15) is 5.84 Å². The Bertz CT molecular complexity index is 732. The van der Waals surface area contributed by atoms with Crippen LogP contribution in [-0.2, 0) is 19.1 Å². The van der Waals surface area contributed by atoms with Crippen LogP contribution in [0, 0.1) is 11.3 Å². The van der Waals surface area contributed by atoms with Crippen molar-refractivity contribution in [3.63, 3.8) is 0 Å². The van der Waals surface area contributed by atoms with Gasteiger partial charge in [-0.1, -0.05) is 0 Å². The molecule has 0 spiro atoms.